The zero-order valence-electron chi connectivity index (χ0n) is 6.62. The van der Waals surface area contributed by atoms with Gasteiger partial charge in [-0.1, -0.05) is 11.6 Å². The Kier molecular flexibility index (Phi) is 3.03. The molecule has 78 valence electrons. The molecule has 0 fully saturated rings. The van der Waals surface area contributed by atoms with Crippen LogP contribution < -0.4 is 5.14 Å². The molecule has 0 aliphatic carbocycles. The van der Waals surface area contributed by atoms with Gasteiger partial charge in [0.05, 0.1) is 0 Å². The summed E-state index contributed by atoms with van der Waals surface area (Å²) in [6, 6.07) is 1.78. The Morgan fingerprint density at radius 2 is 2.00 bits per heavy atom. The van der Waals surface area contributed by atoms with Crippen LogP contribution in [-0.4, -0.2) is 13.4 Å². The summed E-state index contributed by atoms with van der Waals surface area (Å²) in [7, 11) is -4.11. The van der Waals surface area contributed by atoms with Crippen LogP contribution in [0, 0.1) is 0 Å². The standard InChI is InChI=1S/C6H5ClF2N2O2S/c7-3-1-4(6(8)9)11-5(2-3)14(10,12)13/h1-2,6H,(H2,10,12,13). The number of pyridine rings is 1. The number of alkyl halides is 2. The first-order valence-electron chi connectivity index (χ1n) is 3.29. The third-order valence-corrected chi connectivity index (χ3v) is 2.31. The molecule has 0 aliphatic heterocycles. The highest BCUT2D eigenvalue weighted by Gasteiger charge is 2.16. The Hall–Kier alpha value is -0.790. The van der Waals surface area contributed by atoms with Gasteiger partial charge in [0.2, 0.25) is 0 Å². The highest BCUT2D eigenvalue weighted by molar-refractivity contribution is 7.89. The summed E-state index contributed by atoms with van der Waals surface area (Å²) < 4.78 is 45.9. The van der Waals surface area contributed by atoms with Crippen molar-refractivity contribution in [3.05, 3.63) is 22.8 Å². The van der Waals surface area contributed by atoms with E-state index < -0.39 is 27.2 Å². The van der Waals surface area contributed by atoms with Gasteiger partial charge in [0.25, 0.3) is 16.4 Å². The zero-order valence-corrected chi connectivity index (χ0v) is 8.19. The molecule has 0 atom stereocenters. The van der Waals surface area contributed by atoms with Crippen molar-refractivity contribution < 1.29 is 17.2 Å². The summed E-state index contributed by atoms with van der Waals surface area (Å²) in [6.07, 6.45) is -2.89. The molecule has 0 amide bonds. The van der Waals surface area contributed by atoms with Crippen LogP contribution in [0.2, 0.25) is 5.02 Å². The Morgan fingerprint density at radius 1 is 1.43 bits per heavy atom. The van der Waals surface area contributed by atoms with Gasteiger partial charge in [0, 0.05) is 5.02 Å². The van der Waals surface area contributed by atoms with Crippen LogP contribution in [0.1, 0.15) is 12.1 Å². The van der Waals surface area contributed by atoms with Crippen molar-refractivity contribution in [3.63, 3.8) is 0 Å². The smallest absolute Gasteiger partial charge is 0.234 e. The minimum Gasteiger partial charge on any atom is -0.234 e. The second-order valence-electron chi connectivity index (χ2n) is 2.39. The lowest BCUT2D eigenvalue weighted by atomic mass is 10.4. The lowest BCUT2D eigenvalue weighted by Gasteiger charge is -2.02. The van der Waals surface area contributed by atoms with Crippen LogP contribution in [0.3, 0.4) is 0 Å². The first-order chi connectivity index (χ1) is 6.30. The fourth-order valence-corrected chi connectivity index (χ4v) is 1.55. The number of hydrogen-bond acceptors (Lipinski definition) is 3. The number of rotatable bonds is 2. The molecule has 1 aromatic heterocycles. The van der Waals surface area contributed by atoms with Gasteiger partial charge in [-0.2, -0.15) is 0 Å². The van der Waals surface area contributed by atoms with Crippen molar-refractivity contribution in [2.75, 3.05) is 0 Å². The monoisotopic (exact) mass is 242 g/mol. The van der Waals surface area contributed by atoms with E-state index in [0.29, 0.717) is 0 Å². The molecule has 2 N–H and O–H groups in total. The summed E-state index contributed by atoms with van der Waals surface area (Å²) in [5, 5.41) is 3.88. The van der Waals surface area contributed by atoms with Gasteiger partial charge in [-0.15, -0.1) is 0 Å². The summed E-state index contributed by atoms with van der Waals surface area (Å²) in [6.45, 7) is 0. The topological polar surface area (TPSA) is 73.1 Å². The van der Waals surface area contributed by atoms with E-state index in [9.17, 15) is 17.2 Å². The molecule has 0 saturated heterocycles. The molecule has 14 heavy (non-hydrogen) atoms. The molecule has 1 aromatic rings. The third kappa shape index (κ3) is 2.60. The second-order valence-corrected chi connectivity index (χ2v) is 4.34. The maximum Gasteiger partial charge on any atom is 0.280 e. The highest BCUT2D eigenvalue weighted by Crippen LogP contribution is 2.22. The van der Waals surface area contributed by atoms with E-state index in [-0.39, 0.29) is 5.02 Å². The van der Waals surface area contributed by atoms with Crippen LogP contribution in [0.25, 0.3) is 0 Å². The first-order valence-corrected chi connectivity index (χ1v) is 5.21. The second kappa shape index (κ2) is 3.76. The maximum absolute atomic E-state index is 12.2. The summed E-state index contributed by atoms with van der Waals surface area (Å²) in [5.41, 5.74) is -0.721. The van der Waals surface area contributed by atoms with E-state index in [1.54, 1.807) is 0 Å². The minimum absolute atomic E-state index is 0.153. The predicted molar refractivity (Wildman–Crippen MR) is 45.6 cm³/mol. The number of nitrogens with two attached hydrogens (primary N) is 1. The van der Waals surface area contributed by atoms with Gasteiger partial charge < -0.3 is 0 Å². The molecular formula is C6H5ClF2N2O2S. The molecule has 0 saturated carbocycles. The molecule has 0 radical (unpaired) electrons. The van der Waals surface area contributed by atoms with Crippen molar-refractivity contribution in [3.8, 4) is 0 Å². The number of hydrogen-bond donors (Lipinski definition) is 1. The van der Waals surface area contributed by atoms with Crippen LogP contribution >= 0.6 is 11.6 Å². The van der Waals surface area contributed by atoms with Gasteiger partial charge in [0.1, 0.15) is 5.69 Å². The van der Waals surface area contributed by atoms with Crippen molar-refractivity contribution >= 4 is 21.6 Å². The number of sulfonamides is 1. The maximum atomic E-state index is 12.2. The van der Waals surface area contributed by atoms with E-state index in [2.05, 4.69) is 4.98 Å². The van der Waals surface area contributed by atoms with Crippen molar-refractivity contribution in [1.29, 1.82) is 0 Å². The van der Waals surface area contributed by atoms with Gasteiger partial charge in [-0.25, -0.2) is 27.3 Å². The molecule has 4 nitrogen and oxygen atoms in total. The molecule has 0 aliphatic rings. The molecule has 0 unspecified atom stereocenters. The number of primary sulfonamides is 1. The van der Waals surface area contributed by atoms with Gasteiger partial charge in [0.15, 0.2) is 5.03 Å². The summed E-state index contributed by atoms with van der Waals surface area (Å²) in [5.74, 6) is 0. The summed E-state index contributed by atoms with van der Waals surface area (Å²) in [4.78, 5) is 3.16. The molecular weight excluding hydrogens is 238 g/mol. The molecule has 0 bridgehead atoms. The van der Waals surface area contributed by atoms with E-state index in [1.165, 1.54) is 0 Å². The number of nitrogens with zero attached hydrogens (tertiary/aromatic N) is 1. The minimum atomic E-state index is -4.11. The van der Waals surface area contributed by atoms with Crippen molar-refractivity contribution in [1.82, 2.24) is 4.98 Å². The summed E-state index contributed by atoms with van der Waals surface area (Å²) >= 11 is 5.41. The van der Waals surface area contributed by atoms with E-state index in [4.69, 9.17) is 16.7 Å². The lowest BCUT2D eigenvalue weighted by Crippen LogP contribution is -2.14. The normalized spacial score (nSPS) is 12.1. The fraction of sp³-hybridized carbons (Fsp3) is 0.167. The SMILES string of the molecule is NS(=O)(=O)c1cc(Cl)cc(C(F)F)n1. The number of aromatic nitrogens is 1. The van der Waals surface area contributed by atoms with Crippen LogP contribution in [0.4, 0.5) is 8.78 Å². The highest BCUT2D eigenvalue weighted by atomic mass is 35.5. The van der Waals surface area contributed by atoms with Crippen LogP contribution in [0.5, 0.6) is 0 Å². The predicted octanol–water partition coefficient (Wildman–Crippen LogP) is 1.32. The lowest BCUT2D eigenvalue weighted by molar-refractivity contribution is 0.145. The molecule has 8 heteroatoms. The van der Waals surface area contributed by atoms with Gasteiger partial charge in [-0.05, 0) is 12.1 Å². The van der Waals surface area contributed by atoms with E-state index in [0.717, 1.165) is 12.1 Å². The van der Waals surface area contributed by atoms with E-state index >= 15 is 0 Å². The Bertz CT molecular complexity index is 449. The third-order valence-electron chi connectivity index (χ3n) is 1.30. The first kappa shape index (κ1) is 11.3. The quantitative estimate of drug-likeness (QED) is 0.850. The van der Waals surface area contributed by atoms with Crippen molar-refractivity contribution in [2.45, 2.75) is 11.5 Å². The van der Waals surface area contributed by atoms with Crippen LogP contribution in [-0.2, 0) is 10.0 Å². The Morgan fingerprint density at radius 3 is 2.43 bits per heavy atom. The molecule has 0 aromatic carbocycles. The average Bonchev–Trinajstić information content (AvgIpc) is 2.01. The van der Waals surface area contributed by atoms with Gasteiger partial charge in [-0.3, -0.25) is 0 Å². The largest absolute Gasteiger partial charge is 0.280 e. The molecule has 1 rings (SSSR count). The fourth-order valence-electron chi connectivity index (χ4n) is 0.750. The number of halogens is 3. The molecule has 0 spiro atoms. The van der Waals surface area contributed by atoms with Crippen LogP contribution in [0.15, 0.2) is 17.2 Å². The molecule has 1 heterocycles. The zero-order chi connectivity index (χ0) is 10.9. The Labute approximate surface area is 83.8 Å². The Balaban J connectivity index is 3.35. The average molecular weight is 243 g/mol. The van der Waals surface area contributed by atoms with Gasteiger partial charge >= 0.3 is 0 Å². The van der Waals surface area contributed by atoms with Crippen molar-refractivity contribution in [2.24, 2.45) is 5.14 Å². The van der Waals surface area contributed by atoms with E-state index in [1.807, 2.05) is 0 Å².